The van der Waals surface area contributed by atoms with Gasteiger partial charge in [-0.3, -0.25) is 9.59 Å². The van der Waals surface area contributed by atoms with Crippen molar-refractivity contribution in [1.82, 2.24) is 15.2 Å². The minimum Gasteiger partial charge on any atom is -0.426 e. The van der Waals surface area contributed by atoms with E-state index in [4.69, 9.17) is 9.47 Å². The molecule has 148 valence electrons. The number of anilines is 1. The third-order valence-corrected chi connectivity index (χ3v) is 5.14. The number of aromatic nitrogens is 1. The number of hydrogen-bond acceptors (Lipinski definition) is 9. The molecular formula is C16H22N4O6S. The lowest BCUT2D eigenvalue weighted by molar-refractivity contribution is -0.163. The summed E-state index contributed by atoms with van der Waals surface area (Å²) < 4.78 is 9.80. The third-order valence-electron chi connectivity index (χ3n) is 4.24. The highest BCUT2D eigenvalue weighted by molar-refractivity contribution is 7.14. The molecule has 2 atom stereocenters. The first-order chi connectivity index (χ1) is 12.8. The van der Waals surface area contributed by atoms with Gasteiger partial charge in [-0.2, -0.15) is 0 Å². The zero-order chi connectivity index (χ0) is 19.6. The standard InChI is InChI=1S/C16H22N4O6S/c1-9(21)25-10(2)26-16(24)19-4-3-11(5-19)17-14(23)13-8-27-15(18-13)20-6-12(22)7-20/h8,10-12,22H,3-7H2,1-2H3,(H,17,23)/t10?,11-/m1/s1. The van der Waals surface area contributed by atoms with Gasteiger partial charge in [-0.15, -0.1) is 11.3 Å². The van der Waals surface area contributed by atoms with Crippen LogP contribution in [0.15, 0.2) is 5.38 Å². The van der Waals surface area contributed by atoms with E-state index in [1.165, 1.54) is 30.1 Å². The fourth-order valence-electron chi connectivity index (χ4n) is 2.90. The number of nitrogens with one attached hydrogen (secondary N) is 1. The summed E-state index contributed by atoms with van der Waals surface area (Å²) in [6, 6.07) is -0.204. The molecule has 3 heterocycles. The van der Waals surface area contributed by atoms with Crippen LogP contribution in [0, 0.1) is 0 Å². The van der Waals surface area contributed by atoms with E-state index in [1.54, 1.807) is 5.38 Å². The molecule has 0 radical (unpaired) electrons. The van der Waals surface area contributed by atoms with Crippen LogP contribution in [0.3, 0.4) is 0 Å². The molecule has 27 heavy (non-hydrogen) atoms. The van der Waals surface area contributed by atoms with E-state index in [0.29, 0.717) is 43.4 Å². The van der Waals surface area contributed by atoms with Gasteiger partial charge in [0.15, 0.2) is 5.13 Å². The van der Waals surface area contributed by atoms with Crippen molar-refractivity contribution in [1.29, 1.82) is 0 Å². The van der Waals surface area contributed by atoms with E-state index in [-0.39, 0.29) is 18.1 Å². The smallest absolute Gasteiger partial charge is 0.412 e. The number of likely N-dealkylation sites (tertiary alicyclic amines) is 1. The van der Waals surface area contributed by atoms with Gasteiger partial charge in [-0.1, -0.05) is 0 Å². The molecule has 3 rings (SSSR count). The molecule has 2 saturated heterocycles. The lowest BCUT2D eigenvalue weighted by atomic mass is 10.2. The molecular weight excluding hydrogens is 376 g/mol. The molecule has 10 nitrogen and oxygen atoms in total. The van der Waals surface area contributed by atoms with Crippen LogP contribution in [0.1, 0.15) is 30.8 Å². The summed E-state index contributed by atoms with van der Waals surface area (Å²) in [4.78, 5) is 42.9. The van der Waals surface area contributed by atoms with Crippen LogP contribution in [0.4, 0.5) is 9.93 Å². The van der Waals surface area contributed by atoms with E-state index >= 15 is 0 Å². The Morgan fingerprint density at radius 1 is 1.33 bits per heavy atom. The minimum atomic E-state index is -0.961. The fraction of sp³-hybridized carbons (Fsp3) is 0.625. The van der Waals surface area contributed by atoms with Gasteiger partial charge in [-0.05, 0) is 6.42 Å². The second kappa shape index (κ2) is 8.09. The number of aliphatic hydroxyl groups excluding tert-OH is 1. The normalized spacial score (nSPS) is 20.8. The Hall–Kier alpha value is -2.40. The number of esters is 1. The molecule has 2 aliphatic heterocycles. The lowest BCUT2D eigenvalue weighted by Gasteiger charge is -2.35. The Kier molecular flexibility index (Phi) is 5.80. The Morgan fingerprint density at radius 3 is 2.74 bits per heavy atom. The molecule has 2 aliphatic rings. The Balaban J connectivity index is 1.46. The van der Waals surface area contributed by atoms with Crippen molar-refractivity contribution in [3.8, 4) is 0 Å². The number of β-amino-alcohol motifs (C(OH)–C–C–N with tert-alkyl or cyclic N) is 1. The van der Waals surface area contributed by atoms with Crippen molar-refractivity contribution < 1.29 is 29.0 Å². The summed E-state index contributed by atoms with van der Waals surface area (Å²) >= 11 is 1.36. The van der Waals surface area contributed by atoms with Crippen LogP contribution in [-0.4, -0.2) is 77.6 Å². The van der Waals surface area contributed by atoms with Crippen molar-refractivity contribution in [3.05, 3.63) is 11.1 Å². The second-order valence-electron chi connectivity index (χ2n) is 6.54. The van der Waals surface area contributed by atoms with Crippen LogP contribution in [0.25, 0.3) is 0 Å². The van der Waals surface area contributed by atoms with Gasteiger partial charge >= 0.3 is 12.1 Å². The van der Waals surface area contributed by atoms with Gasteiger partial charge in [0.25, 0.3) is 5.91 Å². The molecule has 0 bridgehead atoms. The van der Waals surface area contributed by atoms with E-state index < -0.39 is 18.4 Å². The highest BCUT2D eigenvalue weighted by atomic mass is 32.1. The lowest BCUT2D eigenvalue weighted by Crippen LogP contribution is -2.50. The summed E-state index contributed by atoms with van der Waals surface area (Å²) in [5.41, 5.74) is 0.320. The maximum Gasteiger partial charge on any atom is 0.412 e. The summed E-state index contributed by atoms with van der Waals surface area (Å²) in [6.45, 7) is 4.50. The molecule has 2 amide bonds. The number of ether oxygens (including phenoxy) is 2. The maximum absolute atomic E-state index is 12.4. The number of carbonyl (C=O) groups is 3. The average molecular weight is 398 g/mol. The van der Waals surface area contributed by atoms with Crippen LogP contribution < -0.4 is 10.2 Å². The topological polar surface area (TPSA) is 121 Å². The monoisotopic (exact) mass is 398 g/mol. The fourth-order valence-corrected chi connectivity index (χ4v) is 3.73. The van der Waals surface area contributed by atoms with E-state index in [1.807, 2.05) is 4.90 Å². The van der Waals surface area contributed by atoms with Crippen LogP contribution in [0.2, 0.25) is 0 Å². The molecule has 0 aliphatic carbocycles. The van der Waals surface area contributed by atoms with Crippen LogP contribution in [0.5, 0.6) is 0 Å². The Labute approximate surface area is 160 Å². The average Bonchev–Trinajstić information content (AvgIpc) is 3.20. The van der Waals surface area contributed by atoms with Crippen molar-refractivity contribution in [2.24, 2.45) is 0 Å². The molecule has 2 N–H and O–H groups in total. The number of carbonyl (C=O) groups excluding carboxylic acids is 3. The van der Waals surface area contributed by atoms with E-state index in [9.17, 15) is 19.5 Å². The van der Waals surface area contributed by atoms with Gasteiger partial charge in [0, 0.05) is 51.4 Å². The van der Waals surface area contributed by atoms with Gasteiger partial charge in [0.05, 0.1) is 6.10 Å². The summed E-state index contributed by atoms with van der Waals surface area (Å²) in [5.74, 6) is -0.829. The highest BCUT2D eigenvalue weighted by Crippen LogP contribution is 2.25. The van der Waals surface area contributed by atoms with Gasteiger partial charge in [0.1, 0.15) is 5.69 Å². The Bertz CT molecular complexity index is 720. The summed E-state index contributed by atoms with van der Waals surface area (Å²) in [7, 11) is 0. The largest absolute Gasteiger partial charge is 0.426 e. The zero-order valence-electron chi connectivity index (χ0n) is 15.1. The van der Waals surface area contributed by atoms with Crippen molar-refractivity contribution >= 4 is 34.4 Å². The maximum atomic E-state index is 12.4. The third kappa shape index (κ3) is 4.86. The van der Waals surface area contributed by atoms with Crippen molar-refractivity contribution in [2.45, 2.75) is 38.7 Å². The number of hydrogen-bond donors (Lipinski definition) is 2. The van der Waals surface area contributed by atoms with Crippen molar-refractivity contribution in [2.75, 3.05) is 31.1 Å². The predicted octanol–water partition coefficient (Wildman–Crippen LogP) is 0.174. The molecule has 0 spiro atoms. The number of aliphatic hydroxyl groups is 1. The van der Waals surface area contributed by atoms with Crippen LogP contribution >= 0.6 is 11.3 Å². The first-order valence-corrected chi connectivity index (χ1v) is 9.52. The van der Waals surface area contributed by atoms with Crippen molar-refractivity contribution in [3.63, 3.8) is 0 Å². The first kappa shape index (κ1) is 19.4. The van der Waals surface area contributed by atoms with Gasteiger partial charge < -0.3 is 29.7 Å². The van der Waals surface area contributed by atoms with Gasteiger partial charge in [-0.25, -0.2) is 9.78 Å². The number of amides is 2. The quantitative estimate of drug-likeness (QED) is 0.532. The summed E-state index contributed by atoms with van der Waals surface area (Å²) in [6.07, 6.45) is -1.29. The SMILES string of the molecule is CC(=O)OC(C)OC(=O)N1CC[C@@H](NC(=O)c2csc(N3CC(O)C3)n2)C1. The zero-order valence-corrected chi connectivity index (χ0v) is 15.9. The molecule has 1 unspecified atom stereocenters. The van der Waals surface area contributed by atoms with E-state index in [2.05, 4.69) is 10.3 Å². The second-order valence-corrected chi connectivity index (χ2v) is 7.38. The Morgan fingerprint density at radius 2 is 2.07 bits per heavy atom. The predicted molar refractivity (Wildman–Crippen MR) is 95.5 cm³/mol. The molecule has 2 fully saturated rings. The van der Waals surface area contributed by atoms with Crippen LogP contribution in [-0.2, 0) is 14.3 Å². The van der Waals surface area contributed by atoms with Gasteiger partial charge in [0.2, 0.25) is 6.29 Å². The first-order valence-electron chi connectivity index (χ1n) is 8.64. The highest BCUT2D eigenvalue weighted by Gasteiger charge is 2.31. The molecule has 0 aromatic carbocycles. The molecule has 1 aromatic heterocycles. The summed E-state index contributed by atoms with van der Waals surface area (Å²) in [5, 5.41) is 14.6. The number of rotatable bonds is 5. The number of thiazole rings is 1. The minimum absolute atomic E-state index is 0.204. The molecule has 0 saturated carbocycles. The molecule has 11 heteroatoms. The molecule has 1 aromatic rings. The van der Waals surface area contributed by atoms with E-state index in [0.717, 1.165) is 0 Å². The number of nitrogens with zero attached hydrogens (tertiary/aromatic N) is 3.